The summed E-state index contributed by atoms with van der Waals surface area (Å²) in [4.78, 5) is 61.4. The lowest BCUT2D eigenvalue weighted by Crippen LogP contribution is -2.58. The molecule has 4 unspecified atom stereocenters. The number of hydrogen-bond acceptors (Lipinski definition) is 7. The molecule has 2 aromatic heterocycles. The van der Waals surface area contributed by atoms with Crippen LogP contribution in [0.25, 0.3) is 10.9 Å². The topological polar surface area (TPSA) is 195 Å². The Labute approximate surface area is 247 Å². The van der Waals surface area contributed by atoms with E-state index >= 15 is 0 Å². The maximum absolute atomic E-state index is 13.4. The number of nitrogens with two attached hydrogens (primary N) is 1. The van der Waals surface area contributed by atoms with Crippen molar-refractivity contribution in [2.24, 2.45) is 5.73 Å². The van der Waals surface area contributed by atoms with Gasteiger partial charge in [0.15, 0.2) is 0 Å². The molecule has 42 heavy (non-hydrogen) atoms. The SMILES string of the molecule is NC(Cc1ccccc1)C(=O)NC(CS)C(=O)NC(Cc1cnc[nH]1)C(=O)NC(Cc1c[nH]c2ccccc12)C(=O)O. The number of aromatic nitrogens is 3. The summed E-state index contributed by atoms with van der Waals surface area (Å²) in [5, 5.41) is 18.5. The predicted octanol–water partition coefficient (Wildman–Crippen LogP) is 0.715. The molecular formula is C29H33N7O5S. The standard InChI is InChI=1S/C29H33N7O5S/c30-21(10-17-6-2-1-3-7-17)26(37)36-25(15-42)28(39)34-23(12-19-14-31-16-33-19)27(38)35-24(29(40)41)11-18-13-32-22-9-5-4-8-20(18)22/h1-9,13-14,16,21,23-25,32,42H,10-12,15,30H2,(H,31,33)(H,34,39)(H,35,38)(H,36,37)(H,40,41). The number of imidazole rings is 1. The van der Waals surface area contributed by atoms with Crippen molar-refractivity contribution in [3.8, 4) is 0 Å². The highest BCUT2D eigenvalue weighted by Gasteiger charge is 2.31. The van der Waals surface area contributed by atoms with Crippen molar-refractivity contribution >= 4 is 47.2 Å². The van der Waals surface area contributed by atoms with Gasteiger partial charge in [0.05, 0.1) is 12.4 Å². The summed E-state index contributed by atoms with van der Waals surface area (Å²) in [7, 11) is 0. The van der Waals surface area contributed by atoms with Gasteiger partial charge in [-0.1, -0.05) is 48.5 Å². The van der Waals surface area contributed by atoms with Crippen molar-refractivity contribution in [1.29, 1.82) is 0 Å². The first-order valence-corrected chi connectivity index (χ1v) is 13.9. The third-order valence-corrected chi connectivity index (χ3v) is 7.14. The number of fused-ring (bicyclic) bond motifs is 1. The zero-order valence-electron chi connectivity index (χ0n) is 22.6. The molecular weight excluding hydrogens is 558 g/mol. The molecule has 0 bridgehead atoms. The second-order valence-electron chi connectivity index (χ2n) is 9.85. The van der Waals surface area contributed by atoms with Crippen LogP contribution in [-0.2, 0) is 38.4 Å². The molecule has 8 N–H and O–H groups in total. The molecule has 13 heteroatoms. The molecule has 0 spiro atoms. The summed E-state index contributed by atoms with van der Waals surface area (Å²) < 4.78 is 0. The zero-order chi connectivity index (χ0) is 30.1. The highest BCUT2D eigenvalue weighted by molar-refractivity contribution is 7.80. The van der Waals surface area contributed by atoms with Crippen molar-refractivity contribution in [3.05, 3.63) is 90.1 Å². The molecule has 0 aliphatic carbocycles. The van der Waals surface area contributed by atoms with Crippen LogP contribution in [0.3, 0.4) is 0 Å². The van der Waals surface area contributed by atoms with Crippen LogP contribution in [0.5, 0.6) is 0 Å². The molecule has 220 valence electrons. The molecule has 4 rings (SSSR count). The van der Waals surface area contributed by atoms with E-state index in [9.17, 15) is 24.3 Å². The summed E-state index contributed by atoms with van der Waals surface area (Å²) in [6.45, 7) is 0. The average Bonchev–Trinajstić information content (AvgIpc) is 3.65. The highest BCUT2D eigenvalue weighted by Crippen LogP contribution is 2.19. The van der Waals surface area contributed by atoms with Gasteiger partial charge in [-0.3, -0.25) is 14.4 Å². The number of carbonyl (C=O) groups is 4. The van der Waals surface area contributed by atoms with E-state index in [0.717, 1.165) is 22.0 Å². The fraction of sp³-hybridized carbons (Fsp3) is 0.276. The number of carbonyl (C=O) groups excluding carboxylic acids is 3. The number of H-pyrrole nitrogens is 2. The number of amides is 3. The Bertz CT molecular complexity index is 1510. The lowest BCUT2D eigenvalue weighted by Gasteiger charge is -2.24. The monoisotopic (exact) mass is 591 g/mol. The Kier molecular flexibility index (Phi) is 10.3. The van der Waals surface area contributed by atoms with Crippen molar-refractivity contribution in [2.45, 2.75) is 43.4 Å². The first-order valence-electron chi connectivity index (χ1n) is 13.3. The Morgan fingerprint density at radius 3 is 2.19 bits per heavy atom. The van der Waals surface area contributed by atoms with Gasteiger partial charge in [-0.15, -0.1) is 0 Å². The summed E-state index contributed by atoms with van der Waals surface area (Å²) in [5.74, 6) is -3.23. The summed E-state index contributed by atoms with van der Waals surface area (Å²) in [5.41, 5.74) is 9.03. The average molecular weight is 592 g/mol. The Morgan fingerprint density at radius 1 is 0.833 bits per heavy atom. The van der Waals surface area contributed by atoms with E-state index in [2.05, 4.69) is 43.5 Å². The number of aliphatic carboxylic acids is 1. The number of hydrogen-bond donors (Lipinski definition) is 8. The molecule has 0 saturated carbocycles. The minimum Gasteiger partial charge on any atom is -0.480 e. The first kappa shape index (κ1) is 30.3. The van der Waals surface area contributed by atoms with E-state index in [1.807, 2.05) is 54.6 Å². The number of nitrogens with zero attached hydrogens (tertiary/aromatic N) is 1. The number of para-hydroxylation sites is 1. The minimum atomic E-state index is -1.27. The molecule has 4 aromatic rings. The lowest BCUT2D eigenvalue weighted by molar-refractivity contribution is -0.142. The van der Waals surface area contributed by atoms with Gasteiger partial charge >= 0.3 is 5.97 Å². The molecule has 3 amide bonds. The van der Waals surface area contributed by atoms with Gasteiger partial charge in [0.2, 0.25) is 17.7 Å². The van der Waals surface area contributed by atoms with E-state index in [4.69, 9.17) is 5.73 Å². The smallest absolute Gasteiger partial charge is 0.326 e. The van der Waals surface area contributed by atoms with E-state index in [1.54, 1.807) is 6.20 Å². The number of rotatable bonds is 14. The molecule has 0 saturated heterocycles. The lowest BCUT2D eigenvalue weighted by atomic mass is 10.0. The molecule has 0 aliphatic heterocycles. The molecule has 2 aromatic carbocycles. The van der Waals surface area contributed by atoms with Crippen LogP contribution in [0.1, 0.15) is 16.8 Å². The first-order chi connectivity index (χ1) is 20.2. The second-order valence-corrected chi connectivity index (χ2v) is 10.2. The Hall–Kier alpha value is -4.62. The third kappa shape index (κ3) is 7.98. The molecule has 4 atom stereocenters. The highest BCUT2D eigenvalue weighted by atomic mass is 32.1. The van der Waals surface area contributed by atoms with Crippen molar-refractivity contribution in [1.82, 2.24) is 30.9 Å². The summed E-state index contributed by atoms with van der Waals surface area (Å²) in [6.07, 6.45) is 4.91. The third-order valence-electron chi connectivity index (χ3n) is 6.78. The molecule has 0 radical (unpaired) electrons. The van der Waals surface area contributed by atoms with Crippen LogP contribution in [0.2, 0.25) is 0 Å². The van der Waals surface area contributed by atoms with Gasteiger partial charge in [0, 0.05) is 47.6 Å². The van der Waals surface area contributed by atoms with Crippen LogP contribution in [0.15, 0.2) is 73.3 Å². The van der Waals surface area contributed by atoms with E-state index in [1.165, 1.54) is 12.5 Å². The Balaban J connectivity index is 1.44. The van der Waals surface area contributed by atoms with E-state index < -0.39 is 47.9 Å². The molecule has 0 fully saturated rings. The fourth-order valence-electron chi connectivity index (χ4n) is 4.52. The largest absolute Gasteiger partial charge is 0.480 e. The summed E-state index contributed by atoms with van der Waals surface area (Å²) >= 11 is 4.21. The molecule has 2 heterocycles. The van der Waals surface area contributed by atoms with Crippen LogP contribution >= 0.6 is 12.6 Å². The van der Waals surface area contributed by atoms with Gasteiger partial charge in [0.25, 0.3) is 0 Å². The normalized spacial score (nSPS) is 14.0. The fourth-order valence-corrected chi connectivity index (χ4v) is 4.78. The molecule has 12 nitrogen and oxygen atoms in total. The number of nitrogens with one attached hydrogen (secondary N) is 5. The maximum Gasteiger partial charge on any atom is 0.326 e. The van der Waals surface area contributed by atoms with Crippen molar-refractivity contribution in [3.63, 3.8) is 0 Å². The quantitative estimate of drug-likeness (QED) is 0.0989. The Morgan fingerprint density at radius 2 is 1.50 bits per heavy atom. The van der Waals surface area contributed by atoms with Crippen LogP contribution < -0.4 is 21.7 Å². The van der Waals surface area contributed by atoms with Crippen molar-refractivity contribution in [2.75, 3.05) is 5.75 Å². The van der Waals surface area contributed by atoms with Crippen molar-refractivity contribution < 1.29 is 24.3 Å². The van der Waals surface area contributed by atoms with Crippen LogP contribution in [0.4, 0.5) is 0 Å². The number of aromatic amines is 2. The van der Waals surface area contributed by atoms with Gasteiger partial charge < -0.3 is 36.8 Å². The van der Waals surface area contributed by atoms with Gasteiger partial charge in [-0.05, 0) is 23.6 Å². The van der Waals surface area contributed by atoms with Gasteiger partial charge in [-0.25, -0.2) is 9.78 Å². The molecule has 0 aliphatic rings. The number of thiol groups is 1. The van der Waals surface area contributed by atoms with Crippen LogP contribution in [-0.4, -0.2) is 73.7 Å². The number of carboxylic acid groups (broad SMARTS) is 1. The zero-order valence-corrected chi connectivity index (χ0v) is 23.5. The van der Waals surface area contributed by atoms with E-state index in [-0.39, 0.29) is 25.0 Å². The van der Waals surface area contributed by atoms with Gasteiger partial charge in [0.1, 0.15) is 18.1 Å². The predicted molar refractivity (Wildman–Crippen MR) is 160 cm³/mol. The number of carboxylic acids is 1. The van der Waals surface area contributed by atoms with Crippen LogP contribution in [0, 0.1) is 0 Å². The van der Waals surface area contributed by atoms with Gasteiger partial charge in [-0.2, -0.15) is 12.6 Å². The second kappa shape index (κ2) is 14.3. The van der Waals surface area contributed by atoms with E-state index in [0.29, 0.717) is 5.69 Å². The maximum atomic E-state index is 13.4. The summed E-state index contributed by atoms with van der Waals surface area (Å²) in [6, 6.07) is 12.2. The minimum absolute atomic E-state index is 0.00223. The number of benzene rings is 2.